The molecule has 162 valence electrons. The Morgan fingerprint density at radius 3 is 2.48 bits per heavy atom. The number of ketones is 1. The minimum atomic E-state index is -1.65. The van der Waals surface area contributed by atoms with E-state index in [1.165, 1.54) is 30.6 Å². The van der Waals surface area contributed by atoms with Crippen LogP contribution in [0.25, 0.3) is 22.6 Å². The third-order valence-corrected chi connectivity index (χ3v) is 5.51. The number of fused-ring (bicyclic) bond motifs is 1. The number of aliphatic carboxylic acids is 1. The highest BCUT2D eigenvalue weighted by Gasteiger charge is 2.22. The fraction of sp³-hybridized carbons (Fsp3) is 0. The number of Topliss-reactive ketones (excluding diaryl/α,β-unsaturated/α-hetero) is 1. The van der Waals surface area contributed by atoms with Crippen LogP contribution in [0.3, 0.4) is 0 Å². The van der Waals surface area contributed by atoms with Crippen molar-refractivity contribution in [1.29, 1.82) is 0 Å². The number of hydrogen-bond acceptors (Lipinski definition) is 8. The van der Waals surface area contributed by atoms with Crippen molar-refractivity contribution in [3.63, 3.8) is 0 Å². The number of carboxylic acid groups (broad SMARTS) is 1. The maximum Gasteiger partial charge on any atom is 0.377 e. The molecule has 0 fully saturated rings. The van der Waals surface area contributed by atoms with Gasteiger partial charge in [-0.05, 0) is 47.7 Å². The second-order valence-corrected chi connectivity index (χ2v) is 7.71. The van der Waals surface area contributed by atoms with E-state index in [-0.39, 0.29) is 22.5 Å². The first kappa shape index (κ1) is 21.8. The Hall–Kier alpha value is -4.44. The molecule has 0 amide bonds. The quantitative estimate of drug-likeness (QED) is 0.141. The zero-order valence-electron chi connectivity index (χ0n) is 16.8. The van der Waals surface area contributed by atoms with Gasteiger partial charge in [0.05, 0.1) is 26.6 Å². The van der Waals surface area contributed by atoms with Crippen molar-refractivity contribution in [2.45, 2.75) is 10.1 Å². The van der Waals surface area contributed by atoms with E-state index < -0.39 is 16.7 Å². The molecule has 0 radical (unpaired) electrons. The number of nitro benzene ring substituents is 1. The number of carbonyl (C=O) groups excluding carboxylic acids is 1. The van der Waals surface area contributed by atoms with E-state index in [1.807, 2.05) is 12.1 Å². The molecular weight excluding hydrogens is 444 g/mol. The van der Waals surface area contributed by atoms with Gasteiger partial charge in [0.2, 0.25) is 0 Å². The van der Waals surface area contributed by atoms with Crippen LogP contribution in [-0.4, -0.2) is 36.7 Å². The number of carboxylic acids is 1. The minimum Gasteiger partial charge on any atom is -0.475 e. The molecule has 0 atom stereocenters. The average Bonchev–Trinajstić information content (AvgIpc) is 2.83. The third-order valence-electron chi connectivity index (χ3n) is 4.55. The van der Waals surface area contributed by atoms with Crippen molar-refractivity contribution < 1.29 is 19.6 Å². The molecule has 0 aliphatic carbocycles. The van der Waals surface area contributed by atoms with Crippen LogP contribution in [0.1, 0.15) is 11.3 Å². The van der Waals surface area contributed by atoms with Gasteiger partial charge in [0.1, 0.15) is 0 Å². The Bertz CT molecular complexity index is 1420. The SMILES string of the molecule is O=C(O)C(=O)/C(=C/c1ccc(Sc2ncccn2)c([N+](=O)[O-])c1)c1ccc2ccccc2n1. The fourth-order valence-electron chi connectivity index (χ4n) is 3.04. The molecule has 2 heterocycles. The normalized spacial score (nSPS) is 11.3. The Labute approximate surface area is 191 Å². The maximum atomic E-state index is 12.4. The number of para-hydroxylation sites is 1. The van der Waals surface area contributed by atoms with Crippen LogP contribution in [0.15, 0.2) is 83.1 Å². The molecule has 0 spiro atoms. The predicted octanol–water partition coefficient (Wildman–Crippen LogP) is 4.28. The van der Waals surface area contributed by atoms with Gasteiger partial charge < -0.3 is 5.11 Å². The fourth-order valence-corrected chi connectivity index (χ4v) is 3.84. The number of hydrogen-bond donors (Lipinski definition) is 1. The summed E-state index contributed by atoms with van der Waals surface area (Å²) in [5.74, 6) is -2.82. The van der Waals surface area contributed by atoms with Crippen molar-refractivity contribution in [3.05, 3.63) is 94.4 Å². The molecule has 0 saturated heterocycles. The van der Waals surface area contributed by atoms with E-state index in [0.717, 1.165) is 17.1 Å². The van der Waals surface area contributed by atoms with Crippen LogP contribution in [-0.2, 0) is 9.59 Å². The van der Waals surface area contributed by atoms with E-state index in [1.54, 1.807) is 36.4 Å². The van der Waals surface area contributed by atoms with Gasteiger partial charge in [-0.1, -0.05) is 30.3 Å². The van der Waals surface area contributed by atoms with Gasteiger partial charge in [-0.3, -0.25) is 14.9 Å². The number of aromatic nitrogens is 3. The molecule has 4 aromatic rings. The van der Waals surface area contributed by atoms with Gasteiger partial charge in [0.15, 0.2) is 5.16 Å². The largest absolute Gasteiger partial charge is 0.475 e. The van der Waals surface area contributed by atoms with Crippen molar-refractivity contribution in [3.8, 4) is 0 Å². The van der Waals surface area contributed by atoms with Gasteiger partial charge in [0.25, 0.3) is 11.5 Å². The zero-order chi connectivity index (χ0) is 23.4. The maximum absolute atomic E-state index is 12.4. The highest BCUT2D eigenvalue weighted by Crippen LogP contribution is 2.34. The van der Waals surface area contributed by atoms with E-state index in [2.05, 4.69) is 15.0 Å². The summed E-state index contributed by atoms with van der Waals surface area (Å²) in [7, 11) is 0. The first-order chi connectivity index (χ1) is 15.9. The average molecular weight is 458 g/mol. The number of nitro groups is 1. The number of rotatable bonds is 7. The molecule has 0 saturated carbocycles. The molecule has 9 nitrogen and oxygen atoms in total. The van der Waals surface area contributed by atoms with Crippen LogP contribution in [0, 0.1) is 10.1 Å². The summed E-state index contributed by atoms with van der Waals surface area (Å²) in [6.45, 7) is 0. The van der Waals surface area contributed by atoms with Crippen LogP contribution >= 0.6 is 11.8 Å². The lowest BCUT2D eigenvalue weighted by Crippen LogP contribution is -2.15. The molecule has 0 aliphatic heterocycles. The van der Waals surface area contributed by atoms with E-state index >= 15 is 0 Å². The Balaban J connectivity index is 1.79. The summed E-state index contributed by atoms with van der Waals surface area (Å²) in [6.07, 6.45) is 4.34. The lowest BCUT2D eigenvalue weighted by atomic mass is 10.0. The summed E-state index contributed by atoms with van der Waals surface area (Å²) in [4.78, 5) is 47.8. The van der Waals surface area contributed by atoms with Gasteiger partial charge >= 0.3 is 5.97 Å². The number of pyridine rings is 1. The molecular formula is C23H14N4O5S. The number of benzene rings is 2. The standard InChI is InChI=1S/C23H14N4O5S/c28-21(22(29)30)16(18-8-7-15-4-1-2-5-17(15)26-18)12-14-6-9-20(19(13-14)27(31)32)33-23-24-10-3-11-25-23/h1-13H,(H,29,30)/b16-12+. The summed E-state index contributed by atoms with van der Waals surface area (Å²) in [6, 6.07) is 16.4. The predicted molar refractivity (Wildman–Crippen MR) is 122 cm³/mol. The molecule has 2 aromatic carbocycles. The van der Waals surface area contributed by atoms with Crippen LogP contribution in [0.4, 0.5) is 5.69 Å². The summed E-state index contributed by atoms with van der Waals surface area (Å²) in [5.41, 5.74) is 0.600. The van der Waals surface area contributed by atoms with Gasteiger partial charge in [-0.15, -0.1) is 0 Å². The van der Waals surface area contributed by atoms with Crippen molar-refractivity contribution in [2.24, 2.45) is 0 Å². The van der Waals surface area contributed by atoms with Crippen molar-refractivity contribution >= 4 is 51.8 Å². The smallest absolute Gasteiger partial charge is 0.377 e. The monoisotopic (exact) mass is 458 g/mol. The molecule has 0 unspecified atom stereocenters. The molecule has 2 aromatic heterocycles. The summed E-state index contributed by atoms with van der Waals surface area (Å²) < 4.78 is 0. The van der Waals surface area contributed by atoms with Gasteiger partial charge in [-0.25, -0.2) is 19.7 Å². The third kappa shape index (κ3) is 4.91. The van der Waals surface area contributed by atoms with Crippen LogP contribution in [0.5, 0.6) is 0 Å². The highest BCUT2D eigenvalue weighted by atomic mass is 32.2. The highest BCUT2D eigenvalue weighted by molar-refractivity contribution is 7.99. The van der Waals surface area contributed by atoms with E-state index in [9.17, 15) is 24.8 Å². The van der Waals surface area contributed by atoms with E-state index in [0.29, 0.717) is 15.6 Å². The van der Waals surface area contributed by atoms with Crippen LogP contribution in [0.2, 0.25) is 0 Å². The van der Waals surface area contributed by atoms with Gasteiger partial charge in [0, 0.05) is 23.8 Å². The Morgan fingerprint density at radius 1 is 1.00 bits per heavy atom. The first-order valence-corrected chi connectivity index (χ1v) is 10.3. The molecule has 1 N–H and O–H groups in total. The molecule has 4 rings (SSSR count). The molecule has 0 bridgehead atoms. The second-order valence-electron chi connectivity index (χ2n) is 6.70. The van der Waals surface area contributed by atoms with Gasteiger partial charge in [-0.2, -0.15) is 0 Å². The Morgan fingerprint density at radius 2 is 1.76 bits per heavy atom. The Kier molecular flexibility index (Phi) is 6.18. The summed E-state index contributed by atoms with van der Waals surface area (Å²) in [5, 5.41) is 22.1. The minimum absolute atomic E-state index is 0.153. The zero-order valence-corrected chi connectivity index (χ0v) is 17.6. The topological polar surface area (TPSA) is 136 Å². The molecule has 0 aliphatic rings. The molecule has 33 heavy (non-hydrogen) atoms. The number of carbonyl (C=O) groups is 2. The first-order valence-electron chi connectivity index (χ1n) is 9.51. The van der Waals surface area contributed by atoms with Crippen LogP contribution < -0.4 is 0 Å². The number of nitrogens with zero attached hydrogens (tertiary/aromatic N) is 4. The summed E-state index contributed by atoms with van der Waals surface area (Å²) >= 11 is 1.02. The van der Waals surface area contributed by atoms with Crippen molar-refractivity contribution in [1.82, 2.24) is 15.0 Å². The van der Waals surface area contributed by atoms with Crippen molar-refractivity contribution in [2.75, 3.05) is 0 Å². The molecule has 10 heteroatoms. The second kappa shape index (κ2) is 9.37. The lowest BCUT2D eigenvalue weighted by molar-refractivity contribution is -0.387. The van der Waals surface area contributed by atoms with E-state index in [4.69, 9.17) is 0 Å². The lowest BCUT2D eigenvalue weighted by Gasteiger charge is -2.07.